The van der Waals surface area contributed by atoms with Crippen molar-refractivity contribution in [1.29, 1.82) is 0 Å². The van der Waals surface area contributed by atoms with Gasteiger partial charge in [0, 0.05) is 23.9 Å². The number of hydrogen-bond acceptors (Lipinski definition) is 3. The maximum Gasteiger partial charge on any atom is 0.248 e. The zero-order chi connectivity index (χ0) is 18.1. The minimum absolute atomic E-state index is 0.433. The molecule has 3 N–H and O–H groups in total. The summed E-state index contributed by atoms with van der Waals surface area (Å²) in [5.74, 6) is 0.0417. The van der Waals surface area contributed by atoms with Crippen LogP contribution in [0.3, 0.4) is 0 Å². The van der Waals surface area contributed by atoms with Crippen molar-refractivity contribution in [2.24, 2.45) is 11.7 Å². The Hall–Kier alpha value is -2.72. The van der Waals surface area contributed by atoms with Crippen LogP contribution in [-0.2, 0) is 6.54 Å². The van der Waals surface area contributed by atoms with Gasteiger partial charge in [0.25, 0.3) is 0 Å². The highest BCUT2D eigenvalue weighted by molar-refractivity contribution is 5.93. The number of aromatic nitrogens is 1. The first-order valence-corrected chi connectivity index (χ1v) is 8.43. The van der Waals surface area contributed by atoms with Gasteiger partial charge in [0.15, 0.2) is 0 Å². The van der Waals surface area contributed by atoms with Gasteiger partial charge in [-0.3, -0.25) is 9.78 Å². The summed E-state index contributed by atoms with van der Waals surface area (Å²) >= 11 is 0. The van der Waals surface area contributed by atoms with Gasteiger partial charge in [0.1, 0.15) is 0 Å². The van der Waals surface area contributed by atoms with Crippen molar-refractivity contribution < 1.29 is 4.79 Å². The lowest BCUT2D eigenvalue weighted by molar-refractivity contribution is 0.100. The van der Waals surface area contributed by atoms with E-state index in [1.807, 2.05) is 42.6 Å². The quantitative estimate of drug-likeness (QED) is 0.514. The predicted octanol–water partition coefficient (Wildman–Crippen LogP) is 3.71. The predicted molar refractivity (Wildman–Crippen MR) is 103 cm³/mol. The lowest BCUT2D eigenvalue weighted by Gasteiger charge is -2.11. The van der Waals surface area contributed by atoms with Crippen LogP contribution in [0.2, 0.25) is 0 Å². The first-order chi connectivity index (χ1) is 12.1. The maximum atomic E-state index is 11.3. The summed E-state index contributed by atoms with van der Waals surface area (Å²) in [6.07, 6.45) is 7.78. The van der Waals surface area contributed by atoms with E-state index in [2.05, 4.69) is 23.5 Å². The fourth-order valence-electron chi connectivity index (χ4n) is 2.60. The highest BCUT2D eigenvalue weighted by Crippen LogP contribution is 2.18. The first-order valence-electron chi connectivity index (χ1n) is 8.43. The first kappa shape index (κ1) is 18.6. The molecule has 4 nitrogen and oxygen atoms in total. The van der Waals surface area contributed by atoms with Crippen molar-refractivity contribution in [1.82, 2.24) is 10.3 Å². The highest BCUT2D eigenvalue weighted by Gasteiger charge is 2.05. The van der Waals surface area contributed by atoms with E-state index in [4.69, 9.17) is 5.73 Å². The summed E-state index contributed by atoms with van der Waals surface area (Å²) in [5.41, 5.74) is 8.64. The third-order valence-electron chi connectivity index (χ3n) is 4.09. The van der Waals surface area contributed by atoms with Crippen LogP contribution in [-0.4, -0.2) is 17.4 Å². The lowest BCUT2D eigenvalue weighted by atomic mass is 10.0. The molecular weight excluding hydrogens is 310 g/mol. The molecule has 1 atom stereocenters. The van der Waals surface area contributed by atoms with Crippen LogP contribution in [0, 0.1) is 5.92 Å². The normalized spacial score (nSPS) is 11.7. The smallest absolute Gasteiger partial charge is 0.248 e. The Kier molecular flexibility index (Phi) is 7.11. The summed E-state index contributed by atoms with van der Waals surface area (Å²) in [4.78, 5) is 15.8. The van der Waals surface area contributed by atoms with Crippen molar-refractivity contribution in [2.75, 3.05) is 6.54 Å². The molecule has 2 aromatic rings. The average Bonchev–Trinajstić information content (AvgIpc) is 2.65. The summed E-state index contributed by atoms with van der Waals surface area (Å²) in [7, 11) is 0. The van der Waals surface area contributed by atoms with E-state index in [0.29, 0.717) is 11.5 Å². The maximum absolute atomic E-state index is 11.3. The number of nitrogens with two attached hydrogens (primary N) is 1. The van der Waals surface area contributed by atoms with Crippen LogP contribution in [0.1, 0.15) is 28.8 Å². The second kappa shape index (κ2) is 9.55. The summed E-state index contributed by atoms with van der Waals surface area (Å²) in [6, 6.07) is 11.2. The van der Waals surface area contributed by atoms with Gasteiger partial charge >= 0.3 is 0 Å². The molecule has 1 aromatic carbocycles. The van der Waals surface area contributed by atoms with Crippen molar-refractivity contribution in [2.45, 2.75) is 19.4 Å². The van der Waals surface area contributed by atoms with Gasteiger partial charge in [-0.05, 0) is 49.1 Å². The molecule has 0 aliphatic heterocycles. The molecule has 0 saturated heterocycles. The number of nitrogens with one attached hydrogen (secondary N) is 1. The van der Waals surface area contributed by atoms with Gasteiger partial charge in [-0.25, -0.2) is 0 Å². The van der Waals surface area contributed by atoms with Gasteiger partial charge in [-0.2, -0.15) is 0 Å². The Morgan fingerprint density at radius 3 is 2.76 bits per heavy atom. The Morgan fingerprint density at radius 1 is 1.28 bits per heavy atom. The monoisotopic (exact) mass is 335 g/mol. The molecular formula is C21H25N3O. The van der Waals surface area contributed by atoms with Crippen LogP contribution in [0.4, 0.5) is 0 Å². The summed E-state index contributed by atoms with van der Waals surface area (Å²) in [6.45, 7) is 9.32. The molecule has 25 heavy (non-hydrogen) atoms. The molecule has 2 rings (SSSR count). The van der Waals surface area contributed by atoms with E-state index in [1.54, 1.807) is 12.1 Å². The molecule has 1 aromatic heterocycles. The molecule has 0 fully saturated rings. The van der Waals surface area contributed by atoms with Crippen molar-refractivity contribution >= 4 is 5.91 Å². The van der Waals surface area contributed by atoms with Crippen LogP contribution in [0.25, 0.3) is 11.3 Å². The molecule has 130 valence electrons. The van der Waals surface area contributed by atoms with E-state index in [1.165, 1.54) is 0 Å². The van der Waals surface area contributed by atoms with Gasteiger partial charge in [0.2, 0.25) is 5.91 Å². The molecule has 0 spiro atoms. The molecule has 1 unspecified atom stereocenters. The second-order valence-corrected chi connectivity index (χ2v) is 5.98. The number of pyridine rings is 1. The van der Waals surface area contributed by atoms with Gasteiger partial charge in [-0.15, -0.1) is 13.2 Å². The minimum Gasteiger partial charge on any atom is -0.366 e. The lowest BCUT2D eigenvalue weighted by Crippen LogP contribution is -2.17. The fraction of sp³-hybridized carbons (Fsp3) is 0.238. The third-order valence-corrected chi connectivity index (χ3v) is 4.09. The number of hydrogen-bond donors (Lipinski definition) is 2. The van der Waals surface area contributed by atoms with Crippen molar-refractivity contribution in [3.63, 3.8) is 0 Å². The van der Waals surface area contributed by atoms with Crippen molar-refractivity contribution in [3.05, 3.63) is 79.0 Å². The van der Waals surface area contributed by atoms with Crippen LogP contribution >= 0.6 is 0 Å². The number of amides is 1. The number of carbonyl (C=O) groups is 1. The number of allylic oxidation sites excluding steroid dienone is 2. The van der Waals surface area contributed by atoms with E-state index in [-0.39, 0.29) is 0 Å². The summed E-state index contributed by atoms with van der Waals surface area (Å²) < 4.78 is 0. The van der Waals surface area contributed by atoms with Gasteiger partial charge in [0.05, 0.1) is 5.69 Å². The topological polar surface area (TPSA) is 68.0 Å². The third kappa shape index (κ3) is 5.69. The summed E-state index contributed by atoms with van der Waals surface area (Å²) in [5, 5.41) is 3.42. The molecule has 0 saturated carbocycles. The number of primary amides is 1. The highest BCUT2D eigenvalue weighted by atomic mass is 16.1. The number of benzene rings is 1. The average molecular weight is 335 g/mol. The van der Waals surface area contributed by atoms with Crippen molar-refractivity contribution in [3.8, 4) is 11.3 Å². The molecule has 0 aliphatic rings. The molecule has 1 amide bonds. The van der Waals surface area contributed by atoms with Gasteiger partial charge in [-0.1, -0.05) is 30.4 Å². The molecule has 0 bridgehead atoms. The van der Waals surface area contributed by atoms with E-state index in [9.17, 15) is 4.79 Å². The largest absolute Gasteiger partial charge is 0.366 e. The minimum atomic E-state index is -0.433. The molecule has 0 aliphatic carbocycles. The SMILES string of the molecule is C=CCC(C=C)CCNCc1ccc(-c2cccc(C(N)=O)c2)nc1. The van der Waals surface area contributed by atoms with Crippen LogP contribution in [0.5, 0.6) is 0 Å². The fourth-order valence-corrected chi connectivity index (χ4v) is 2.60. The molecule has 4 heteroatoms. The standard InChI is InChI=1S/C21H25N3O/c1-3-6-16(4-2)11-12-23-14-17-9-10-20(24-15-17)18-7-5-8-19(13-18)21(22)25/h3-5,7-10,13,15-16,23H,1-2,6,11-12,14H2,(H2,22,25). The zero-order valence-corrected chi connectivity index (χ0v) is 14.4. The Balaban J connectivity index is 1.89. The number of rotatable bonds is 10. The Morgan fingerprint density at radius 2 is 2.12 bits per heavy atom. The van der Waals surface area contributed by atoms with E-state index < -0.39 is 5.91 Å². The number of nitrogens with zero attached hydrogens (tertiary/aromatic N) is 1. The van der Waals surface area contributed by atoms with Crippen LogP contribution in [0.15, 0.2) is 67.9 Å². The second-order valence-electron chi connectivity index (χ2n) is 5.98. The molecule has 1 heterocycles. The van der Waals surface area contributed by atoms with Crippen LogP contribution < -0.4 is 11.1 Å². The van der Waals surface area contributed by atoms with E-state index in [0.717, 1.165) is 42.8 Å². The Labute approximate surface area is 149 Å². The van der Waals surface area contributed by atoms with Gasteiger partial charge < -0.3 is 11.1 Å². The van der Waals surface area contributed by atoms with E-state index >= 15 is 0 Å². The molecule has 0 radical (unpaired) electrons. The zero-order valence-electron chi connectivity index (χ0n) is 14.4. The number of carbonyl (C=O) groups excluding carboxylic acids is 1. The Bertz CT molecular complexity index is 722.